The Labute approximate surface area is 198 Å². The molecule has 4 unspecified atom stereocenters. The predicted octanol–water partition coefficient (Wildman–Crippen LogP) is 6.28. The second-order valence-electron chi connectivity index (χ2n) is 10.4. The van der Waals surface area contributed by atoms with E-state index in [4.69, 9.17) is 0 Å². The molecular formula is C28H50N2O2. The number of amides is 2. The van der Waals surface area contributed by atoms with Crippen LogP contribution in [0.3, 0.4) is 0 Å². The third-order valence-corrected chi connectivity index (χ3v) is 6.44. The van der Waals surface area contributed by atoms with E-state index in [9.17, 15) is 9.59 Å². The van der Waals surface area contributed by atoms with Crippen molar-refractivity contribution in [1.29, 1.82) is 0 Å². The van der Waals surface area contributed by atoms with Gasteiger partial charge in [0.1, 0.15) is 0 Å². The van der Waals surface area contributed by atoms with E-state index in [1.807, 2.05) is 0 Å². The topological polar surface area (TPSA) is 58.2 Å². The van der Waals surface area contributed by atoms with Crippen molar-refractivity contribution in [1.82, 2.24) is 10.6 Å². The monoisotopic (exact) mass is 446 g/mol. The minimum Gasteiger partial charge on any atom is -0.355 e. The number of hydrogen-bond donors (Lipinski definition) is 2. The summed E-state index contributed by atoms with van der Waals surface area (Å²) in [5.74, 6) is 1.76. The molecule has 1 aliphatic carbocycles. The molecule has 0 radical (unpaired) electrons. The van der Waals surface area contributed by atoms with E-state index in [-0.39, 0.29) is 29.6 Å². The number of carbonyl (C=O) groups excluding carboxylic acids is 2. The number of hydrogen-bond acceptors (Lipinski definition) is 2. The number of carbonyl (C=O) groups is 2. The lowest BCUT2D eigenvalue weighted by molar-refractivity contribution is -0.126. The van der Waals surface area contributed by atoms with Crippen molar-refractivity contribution < 1.29 is 9.59 Å². The van der Waals surface area contributed by atoms with Crippen LogP contribution in [0.1, 0.15) is 92.9 Å². The van der Waals surface area contributed by atoms with Crippen molar-refractivity contribution in [3.05, 3.63) is 24.3 Å². The first-order valence-corrected chi connectivity index (χ1v) is 13.2. The zero-order valence-corrected chi connectivity index (χ0v) is 21.7. The minimum absolute atomic E-state index is 0.0197. The Morgan fingerprint density at radius 1 is 0.844 bits per heavy atom. The molecule has 0 fully saturated rings. The van der Waals surface area contributed by atoms with E-state index in [1.165, 1.54) is 32.1 Å². The highest BCUT2D eigenvalue weighted by molar-refractivity contribution is 5.87. The molecule has 1 rings (SSSR count). The fourth-order valence-corrected chi connectivity index (χ4v) is 4.56. The lowest BCUT2D eigenvalue weighted by Crippen LogP contribution is -2.41. The van der Waals surface area contributed by atoms with Gasteiger partial charge in [0, 0.05) is 13.1 Å². The van der Waals surface area contributed by atoms with Crippen LogP contribution < -0.4 is 10.6 Å². The molecule has 0 saturated heterocycles. The molecule has 4 heteroatoms. The number of nitrogens with one attached hydrogen (secondary N) is 2. The summed E-state index contributed by atoms with van der Waals surface area (Å²) in [4.78, 5) is 25.5. The smallest absolute Gasteiger partial charge is 0.243 e. The molecular weight excluding hydrogens is 396 g/mol. The summed E-state index contributed by atoms with van der Waals surface area (Å²) in [6.07, 6.45) is 17.6. The van der Waals surface area contributed by atoms with Crippen LogP contribution in [0.2, 0.25) is 0 Å². The van der Waals surface area contributed by atoms with Gasteiger partial charge in [-0.25, -0.2) is 0 Å². The molecule has 0 aliphatic heterocycles. The third kappa shape index (κ3) is 10.8. The van der Waals surface area contributed by atoms with Gasteiger partial charge in [-0.2, -0.15) is 0 Å². The summed E-state index contributed by atoms with van der Waals surface area (Å²) >= 11 is 0. The highest BCUT2D eigenvalue weighted by Crippen LogP contribution is 2.41. The van der Waals surface area contributed by atoms with Crippen molar-refractivity contribution in [2.45, 2.75) is 92.9 Å². The van der Waals surface area contributed by atoms with Gasteiger partial charge in [0.2, 0.25) is 11.8 Å². The second kappa shape index (κ2) is 16.1. The summed E-state index contributed by atoms with van der Waals surface area (Å²) < 4.78 is 0. The van der Waals surface area contributed by atoms with Crippen molar-refractivity contribution in [2.75, 3.05) is 13.1 Å². The van der Waals surface area contributed by atoms with E-state index in [1.54, 1.807) is 6.08 Å². The fraction of sp³-hybridized carbons (Fsp3) is 0.786. The molecule has 0 aromatic rings. The Morgan fingerprint density at radius 3 is 2.03 bits per heavy atom. The molecule has 1 aliphatic rings. The van der Waals surface area contributed by atoms with Gasteiger partial charge in [0.15, 0.2) is 0 Å². The Kier molecular flexibility index (Phi) is 14.3. The first-order chi connectivity index (χ1) is 15.3. The van der Waals surface area contributed by atoms with Crippen molar-refractivity contribution in [3.8, 4) is 0 Å². The van der Waals surface area contributed by atoms with Crippen LogP contribution in [0.5, 0.6) is 0 Å². The van der Waals surface area contributed by atoms with Gasteiger partial charge in [0.05, 0.1) is 5.92 Å². The summed E-state index contributed by atoms with van der Waals surface area (Å²) in [5, 5.41) is 6.16. The highest BCUT2D eigenvalue weighted by atomic mass is 16.2. The molecule has 0 aromatic heterocycles. The SMILES string of the molecule is CCCCCC1C=CC(C(=O)NCC(C)C)C(CCCCC)C1C=CC(=O)NCC(C)C. The minimum atomic E-state index is -0.110. The molecule has 0 bridgehead atoms. The van der Waals surface area contributed by atoms with Gasteiger partial charge in [-0.3, -0.25) is 9.59 Å². The summed E-state index contributed by atoms with van der Waals surface area (Å²) in [6.45, 7) is 14.3. The molecule has 0 spiro atoms. The molecule has 4 atom stereocenters. The molecule has 0 aromatic carbocycles. The van der Waals surface area contributed by atoms with E-state index >= 15 is 0 Å². The maximum atomic E-state index is 13.1. The molecule has 0 heterocycles. The van der Waals surface area contributed by atoms with Gasteiger partial charge in [-0.1, -0.05) is 98.3 Å². The normalized spacial score (nSPS) is 23.2. The zero-order chi connectivity index (χ0) is 23.9. The summed E-state index contributed by atoms with van der Waals surface area (Å²) in [7, 11) is 0. The average Bonchev–Trinajstić information content (AvgIpc) is 2.75. The standard InChI is InChI=1S/C28H50N2O2/c1-7-9-11-13-23-15-16-26(28(32)30-20-22(5)6)25(14-12-10-8-2)24(23)17-18-27(31)29-19-21(3)4/h15-18,21-26H,7-14,19-20H2,1-6H3,(H,29,31)(H,30,32). The number of unbranched alkanes of at least 4 members (excludes halogenated alkanes) is 4. The Balaban J connectivity index is 3.09. The van der Waals surface area contributed by atoms with Crippen LogP contribution in [0.25, 0.3) is 0 Å². The molecule has 4 nitrogen and oxygen atoms in total. The van der Waals surface area contributed by atoms with Crippen molar-refractivity contribution in [2.24, 2.45) is 35.5 Å². The Bertz CT molecular complexity index is 594. The quantitative estimate of drug-likeness (QED) is 0.177. The zero-order valence-electron chi connectivity index (χ0n) is 21.7. The maximum absolute atomic E-state index is 13.1. The van der Waals surface area contributed by atoms with E-state index < -0.39 is 0 Å². The summed E-state index contributed by atoms with van der Waals surface area (Å²) in [6, 6.07) is 0. The molecule has 2 N–H and O–H groups in total. The van der Waals surface area contributed by atoms with Gasteiger partial charge < -0.3 is 10.6 Å². The highest BCUT2D eigenvalue weighted by Gasteiger charge is 2.37. The predicted molar refractivity (Wildman–Crippen MR) is 136 cm³/mol. The molecule has 184 valence electrons. The van der Waals surface area contributed by atoms with Crippen LogP contribution >= 0.6 is 0 Å². The lowest BCUT2D eigenvalue weighted by Gasteiger charge is -2.38. The maximum Gasteiger partial charge on any atom is 0.243 e. The largest absolute Gasteiger partial charge is 0.355 e. The first kappa shape index (κ1) is 28.5. The fourth-order valence-electron chi connectivity index (χ4n) is 4.56. The van der Waals surface area contributed by atoms with Crippen LogP contribution in [-0.4, -0.2) is 24.9 Å². The van der Waals surface area contributed by atoms with Crippen LogP contribution in [0, 0.1) is 35.5 Å². The Hall–Kier alpha value is -1.58. The van der Waals surface area contributed by atoms with E-state index in [0.717, 1.165) is 19.3 Å². The van der Waals surface area contributed by atoms with Crippen LogP contribution in [-0.2, 0) is 9.59 Å². The molecule has 32 heavy (non-hydrogen) atoms. The number of allylic oxidation sites excluding steroid dienone is 2. The van der Waals surface area contributed by atoms with Crippen molar-refractivity contribution in [3.63, 3.8) is 0 Å². The summed E-state index contributed by atoms with van der Waals surface area (Å²) in [5.41, 5.74) is 0. The van der Waals surface area contributed by atoms with Crippen LogP contribution in [0.15, 0.2) is 24.3 Å². The van der Waals surface area contributed by atoms with E-state index in [0.29, 0.717) is 30.8 Å². The first-order valence-electron chi connectivity index (χ1n) is 13.2. The lowest BCUT2D eigenvalue weighted by atomic mass is 9.66. The number of rotatable bonds is 15. The van der Waals surface area contributed by atoms with Gasteiger partial charge in [-0.05, 0) is 48.5 Å². The Morgan fingerprint density at radius 2 is 1.44 bits per heavy atom. The second-order valence-corrected chi connectivity index (χ2v) is 10.4. The molecule has 0 saturated carbocycles. The van der Waals surface area contributed by atoms with Gasteiger partial charge in [0.25, 0.3) is 0 Å². The van der Waals surface area contributed by atoms with Gasteiger partial charge >= 0.3 is 0 Å². The average molecular weight is 447 g/mol. The molecule has 2 amide bonds. The van der Waals surface area contributed by atoms with Gasteiger partial charge in [-0.15, -0.1) is 0 Å². The van der Waals surface area contributed by atoms with Crippen molar-refractivity contribution >= 4 is 11.8 Å². The van der Waals surface area contributed by atoms with E-state index in [2.05, 4.69) is 70.4 Å². The van der Waals surface area contributed by atoms with Crippen LogP contribution in [0.4, 0.5) is 0 Å². The third-order valence-electron chi connectivity index (χ3n) is 6.44.